The van der Waals surface area contributed by atoms with Gasteiger partial charge in [0.05, 0.1) is 20.3 Å². The Morgan fingerprint density at radius 2 is 1.71 bits per heavy atom. The molecule has 1 atom stereocenters. The second-order valence-electron chi connectivity index (χ2n) is 8.80. The first kappa shape index (κ1) is 21.9. The van der Waals surface area contributed by atoms with Crippen LogP contribution in [0, 0.1) is 13.8 Å². The summed E-state index contributed by atoms with van der Waals surface area (Å²) in [6.07, 6.45) is 0.759. The first-order chi connectivity index (χ1) is 16.5. The smallest absolute Gasteiger partial charge is 0.322 e. The number of anilines is 1. The number of aromatic amines is 1. The van der Waals surface area contributed by atoms with Gasteiger partial charge < -0.3 is 24.7 Å². The van der Waals surface area contributed by atoms with Gasteiger partial charge in [0.2, 0.25) is 0 Å². The average molecular weight is 456 g/mol. The minimum atomic E-state index is -0.251. The van der Waals surface area contributed by atoms with Crippen LogP contribution in [0.3, 0.4) is 0 Å². The van der Waals surface area contributed by atoms with E-state index in [0.717, 1.165) is 51.3 Å². The largest absolute Gasteiger partial charge is 0.497 e. The predicted molar refractivity (Wildman–Crippen MR) is 135 cm³/mol. The maximum atomic E-state index is 13.6. The van der Waals surface area contributed by atoms with Crippen molar-refractivity contribution >= 4 is 22.6 Å². The molecule has 0 unspecified atom stereocenters. The van der Waals surface area contributed by atoms with Gasteiger partial charge in [-0.25, -0.2) is 4.79 Å². The quantitative estimate of drug-likeness (QED) is 0.398. The third kappa shape index (κ3) is 3.85. The Morgan fingerprint density at radius 1 is 0.971 bits per heavy atom. The lowest BCUT2D eigenvalue weighted by Crippen LogP contribution is -2.43. The van der Waals surface area contributed by atoms with E-state index in [1.807, 2.05) is 60.4 Å². The summed E-state index contributed by atoms with van der Waals surface area (Å²) < 4.78 is 10.8. The lowest BCUT2D eigenvalue weighted by Gasteiger charge is -2.36. The number of H-pyrrole nitrogens is 1. The Labute approximate surface area is 199 Å². The highest BCUT2D eigenvalue weighted by Crippen LogP contribution is 2.40. The molecule has 2 amide bonds. The molecular weight excluding hydrogens is 426 g/mol. The van der Waals surface area contributed by atoms with Crippen LogP contribution in [0.4, 0.5) is 10.5 Å². The minimum Gasteiger partial charge on any atom is -0.497 e. The molecule has 34 heavy (non-hydrogen) atoms. The van der Waals surface area contributed by atoms with Crippen LogP contribution in [0.1, 0.15) is 34.0 Å². The maximum absolute atomic E-state index is 13.6. The van der Waals surface area contributed by atoms with Crippen molar-refractivity contribution in [1.29, 1.82) is 0 Å². The molecule has 6 nitrogen and oxygen atoms in total. The van der Waals surface area contributed by atoms with Crippen LogP contribution in [-0.2, 0) is 6.42 Å². The first-order valence-electron chi connectivity index (χ1n) is 11.5. The number of aromatic nitrogens is 1. The van der Waals surface area contributed by atoms with E-state index in [0.29, 0.717) is 6.54 Å². The summed E-state index contributed by atoms with van der Waals surface area (Å²) >= 11 is 0. The molecule has 0 aliphatic carbocycles. The van der Waals surface area contributed by atoms with Gasteiger partial charge in [-0.2, -0.15) is 0 Å². The van der Waals surface area contributed by atoms with Gasteiger partial charge in [0, 0.05) is 28.8 Å². The maximum Gasteiger partial charge on any atom is 0.322 e. The van der Waals surface area contributed by atoms with Crippen molar-refractivity contribution in [2.75, 3.05) is 26.1 Å². The number of hydrogen-bond acceptors (Lipinski definition) is 3. The number of urea groups is 1. The fourth-order valence-corrected chi connectivity index (χ4v) is 4.89. The van der Waals surface area contributed by atoms with Crippen LogP contribution in [0.25, 0.3) is 10.9 Å². The lowest BCUT2D eigenvalue weighted by molar-refractivity contribution is 0.193. The standard InChI is InChI=1S/C28H29N3O3/c1-17-5-11-24(18(2)15-17)30-28(32)31-14-13-22-23-16-21(34-4)10-12-25(23)29-26(22)27(31)19-6-8-20(33-3)9-7-19/h5-12,15-16,27,29H,13-14H2,1-4H3,(H,30,32)/t27-/m1/s1. The Bertz CT molecular complexity index is 1360. The monoisotopic (exact) mass is 455 g/mol. The summed E-state index contributed by atoms with van der Waals surface area (Å²) in [5.74, 6) is 1.61. The number of nitrogens with one attached hydrogen (secondary N) is 2. The molecule has 4 aromatic rings. The second kappa shape index (κ2) is 8.78. The fourth-order valence-electron chi connectivity index (χ4n) is 4.89. The van der Waals surface area contributed by atoms with Crippen LogP contribution in [0.5, 0.6) is 11.5 Å². The molecule has 0 bridgehead atoms. The molecule has 6 heteroatoms. The Morgan fingerprint density at radius 3 is 2.41 bits per heavy atom. The van der Waals surface area contributed by atoms with Crippen molar-refractivity contribution in [2.24, 2.45) is 0 Å². The molecule has 5 rings (SSSR count). The first-order valence-corrected chi connectivity index (χ1v) is 11.5. The highest BCUT2D eigenvalue weighted by Gasteiger charge is 2.35. The van der Waals surface area contributed by atoms with E-state index >= 15 is 0 Å². The SMILES string of the molecule is COc1ccc([C@@H]2c3[nH]c4ccc(OC)cc4c3CCN2C(=O)Nc2ccc(C)cc2C)cc1. The third-order valence-electron chi connectivity index (χ3n) is 6.65. The topological polar surface area (TPSA) is 66.6 Å². The highest BCUT2D eigenvalue weighted by atomic mass is 16.5. The highest BCUT2D eigenvalue weighted by molar-refractivity contribution is 5.92. The molecule has 0 fully saturated rings. The Hall–Kier alpha value is -3.93. The molecule has 174 valence electrons. The number of rotatable bonds is 4. The molecule has 2 heterocycles. The zero-order valence-electron chi connectivity index (χ0n) is 19.9. The van der Waals surface area contributed by atoms with Crippen molar-refractivity contribution in [2.45, 2.75) is 26.3 Å². The number of nitrogens with zero attached hydrogens (tertiary/aromatic N) is 1. The summed E-state index contributed by atoms with van der Waals surface area (Å²) in [6.45, 7) is 4.67. The van der Waals surface area contributed by atoms with Gasteiger partial charge in [-0.3, -0.25) is 0 Å². The van der Waals surface area contributed by atoms with Crippen LogP contribution < -0.4 is 14.8 Å². The molecule has 0 spiro atoms. The molecule has 1 aliphatic rings. The summed E-state index contributed by atoms with van der Waals surface area (Å²) in [7, 11) is 3.34. The van der Waals surface area contributed by atoms with E-state index in [9.17, 15) is 4.79 Å². The Kier molecular flexibility index (Phi) is 5.65. The van der Waals surface area contributed by atoms with Gasteiger partial charge >= 0.3 is 6.03 Å². The van der Waals surface area contributed by atoms with Crippen LogP contribution >= 0.6 is 0 Å². The van der Waals surface area contributed by atoms with Gasteiger partial charge in [0.25, 0.3) is 0 Å². The number of carbonyl (C=O) groups is 1. The van der Waals surface area contributed by atoms with Gasteiger partial charge in [0.1, 0.15) is 11.5 Å². The molecule has 3 aromatic carbocycles. The van der Waals surface area contributed by atoms with E-state index in [1.54, 1.807) is 14.2 Å². The van der Waals surface area contributed by atoms with Crippen LogP contribution in [0.15, 0.2) is 60.7 Å². The fraction of sp³-hybridized carbons (Fsp3) is 0.250. The number of benzene rings is 3. The number of aryl methyl sites for hydroxylation is 2. The van der Waals surface area contributed by atoms with Gasteiger partial charge in [-0.05, 0) is 73.4 Å². The van der Waals surface area contributed by atoms with E-state index in [1.165, 1.54) is 11.1 Å². The van der Waals surface area contributed by atoms with E-state index < -0.39 is 0 Å². The van der Waals surface area contributed by atoms with Crippen molar-refractivity contribution in [3.63, 3.8) is 0 Å². The zero-order valence-corrected chi connectivity index (χ0v) is 19.9. The molecule has 2 N–H and O–H groups in total. The third-order valence-corrected chi connectivity index (χ3v) is 6.65. The number of amides is 2. The van der Waals surface area contributed by atoms with Crippen molar-refractivity contribution in [3.05, 3.63) is 88.6 Å². The summed E-state index contributed by atoms with van der Waals surface area (Å²) in [6, 6.07) is 19.7. The molecule has 0 saturated heterocycles. The number of hydrogen-bond donors (Lipinski definition) is 2. The van der Waals surface area contributed by atoms with Crippen molar-refractivity contribution < 1.29 is 14.3 Å². The van der Waals surface area contributed by atoms with Gasteiger partial charge in [0.15, 0.2) is 0 Å². The summed E-state index contributed by atoms with van der Waals surface area (Å²) in [5, 5.41) is 4.28. The number of carbonyl (C=O) groups excluding carboxylic acids is 1. The minimum absolute atomic E-state index is 0.116. The van der Waals surface area contributed by atoms with Gasteiger partial charge in [-0.15, -0.1) is 0 Å². The van der Waals surface area contributed by atoms with E-state index in [2.05, 4.69) is 29.4 Å². The summed E-state index contributed by atoms with van der Waals surface area (Å²) in [5.41, 5.74) is 7.38. The lowest BCUT2D eigenvalue weighted by atomic mass is 9.92. The molecular formula is C28H29N3O3. The van der Waals surface area contributed by atoms with Gasteiger partial charge in [-0.1, -0.05) is 29.8 Å². The number of fused-ring (bicyclic) bond motifs is 3. The normalized spacial score (nSPS) is 15.2. The molecule has 0 radical (unpaired) electrons. The van der Waals surface area contributed by atoms with E-state index in [4.69, 9.17) is 9.47 Å². The predicted octanol–water partition coefficient (Wildman–Crippen LogP) is 5.98. The van der Waals surface area contributed by atoms with Crippen molar-refractivity contribution in [1.82, 2.24) is 9.88 Å². The zero-order chi connectivity index (χ0) is 23.8. The molecule has 0 saturated carbocycles. The molecule has 1 aromatic heterocycles. The van der Waals surface area contributed by atoms with Crippen molar-refractivity contribution in [3.8, 4) is 11.5 Å². The number of ether oxygens (including phenoxy) is 2. The average Bonchev–Trinajstić information content (AvgIpc) is 3.23. The second-order valence-corrected chi connectivity index (χ2v) is 8.80. The Balaban J connectivity index is 1.58. The van der Waals surface area contributed by atoms with E-state index in [-0.39, 0.29) is 12.1 Å². The number of methoxy groups -OCH3 is 2. The van der Waals surface area contributed by atoms with Crippen LogP contribution in [0.2, 0.25) is 0 Å². The molecule has 1 aliphatic heterocycles. The summed E-state index contributed by atoms with van der Waals surface area (Å²) in [4.78, 5) is 19.1. The van der Waals surface area contributed by atoms with Crippen LogP contribution in [-0.4, -0.2) is 36.7 Å².